The number of hydrogen-bond acceptors (Lipinski definition) is 3. The van der Waals surface area contributed by atoms with Crippen molar-refractivity contribution in [3.8, 4) is 0 Å². The van der Waals surface area contributed by atoms with Crippen molar-refractivity contribution in [2.24, 2.45) is 0 Å². The summed E-state index contributed by atoms with van der Waals surface area (Å²) in [6.45, 7) is 4.49. The number of piperazine rings is 1. The Hall–Kier alpha value is -2.89. The summed E-state index contributed by atoms with van der Waals surface area (Å²) in [5.74, 6) is -0.401. The van der Waals surface area contributed by atoms with Gasteiger partial charge in [-0.05, 0) is 44.4 Å². The van der Waals surface area contributed by atoms with Crippen molar-refractivity contribution in [2.75, 3.05) is 11.9 Å². The lowest BCUT2D eigenvalue weighted by molar-refractivity contribution is -0.149. The molecule has 0 radical (unpaired) electrons. The first-order valence-electron chi connectivity index (χ1n) is 9.38. The third kappa shape index (κ3) is 1.93. The number of carbonyl (C=O) groups is 3. The molecule has 6 nitrogen and oxygen atoms in total. The highest BCUT2D eigenvalue weighted by atomic mass is 16.2. The van der Waals surface area contributed by atoms with Crippen LogP contribution in [0.3, 0.4) is 0 Å². The van der Waals surface area contributed by atoms with Gasteiger partial charge in [0.25, 0.3) is 11.8 Å². The smallest absolute Gasteiger partial charge is 0.270 e. The number of nitrogens with zero attached hydrogens (tertiary/aromatic N) is 2. The van der Waals surface area contributed by atoms with Gasteiger partial charge in [0.2, 0.25) is 5.91 Å². The molecule has 0 saturated carbocycles. The highest BCUT2D eigenvalue weighted by Crippen LogP contribution is 2.51. The Morgan fingerprint density at radius 1 is 1.22 bits per heavy atom. The Morgan fingerprint density at radius 2 is 2.00 bits per heavy atom. The van der Waals surface area contributed by atoms with Gasteiger partial charge in [-0.15, -0.1) is 0 Å². The Bertz CT molecular complexity index is 959. The molecule has 4 aliphatic heterocycles. The first kappa shape index (κ1) is 16.3. The number of anilines is 1. The van der Waals surface area contributed by atoms with E-state index in [2.05, 4.69) is 5.32 Å². The van der Waals surface area contributed by atoms with Gasteiger partial charge in [-0.3, -0.25) is 19.3 Å². The fourth-order valence-corrected chi connectivity index (χ4v) is 4.98. The van der Waals surface area contributed by atoms with Gasteiger partial charge in [0, 0.05) is 12.2 Å². The van der Waals surface area contributed by atoms with Crippen molar-refractivity contribution in [1.82, 2.24) is 9.80 Å². The monoisotopic (exact) mass is 363 g/mol. The Morgan fingerprint density at radius 3 is 2.78 bits per heavy atom. The van der Waals surface area contributed by atoms with E-state index in [9.17, 15) is 14.4 Å². The average molecular weight is 363 g/mol. The zero-order chi connectivity index (χ0) is 18.9. The van der Waals surface area contributed by atoms with Gasteiger partial charge in [-0.25, -0.2) is 0 Å². The first-order chi connectivity index (χ1) is 12.9. The summed E-state index contributed by atoms with van der Waals surface area (Å²) in [6.07, 6.45) is 5.20. The van der Waals surface area contributed by atoms with Crippen molar-refractivity contribution >= 4 is 23.4 Å². The van der Waals surface area contributed by atoms with E-state index in [1.807, 2.05) is 44.2 Å². The molecule has 0 bridgehead atoms. The maximum absolute atomic E-state index is 13.3. The van der Waals surface area contributed by atoms with Crippen LogP contribution in [-0.2, 0) is 19.8 Å². The van der Waals surface area contributed by atoms with Crippen molar-refractivity contribution in [3.05, 3.63) is 53.3 Å². The third-order valence-electron chi connectivity index (χ3n) is 6.11. The lowest BCUT2D eigenvalue weighted by Gasteiger charge is -2.40. The van der Waals surface area contributed by atoms with Gasteiger partial charge in [0.05, 0.1) is 6.04 Å². The van der Waals surface area contributed by atoms with Crippen LogP contribution in [0.2, 0.25) is 0 Å². The normalized spacial score (nSPS) is 30.9. The minimum absolute atomic E-state index is 0.0742. The molecule has 1 aromatic carbocycles. The molecule has 27 heavy (non-hydrogen) atoms. The number of benzene rings is 1. The van der Waals surface area contributed by atoms with E-state index in [0.29, 0.717) is 18.7 Å². The second kappa shape index (κ2) is 5.31. The van der Waals surface area contributed by atoms with Gasteiger partial charge < -0.3 is 10.2 Å². The molecule has 2 saturated heterocycles. The summed E-state index contributed by atoms with van der Waals surface area (Å²) in [6, 6.07) is 6.59. The van der Waals surface area contributed by atoms with E-state index in [0.717, 1.165) is 23.2 Å². The molecule has 2 fully saturated rings. The molecule has 4 aliphatic rings. The van der Waals surface area contributed by atoms with E-state index < -0.39 is 17.5 Å². The minimum Gasteiger partial charge on any atom is -0.325 e. The Balaban J connectivity index is 1.76. The van der Waals surface area contributed by atoms with Gasteiger partial charge in [0.1, 0.15) is 17.2 Å². The van der Waals surface area contributed by atoms with Gasteiger partial charge >= 0.3 is 0 Å². The lowest BCUT2D eigenvalue weighted by Crippen LogP contribution is -2.59. The molecular formula is C21H21N3O3. The predicted octanol–water partition coefficient (Wildman–Crippen LogP) is 1.94. The van der Waals surface area contributed by atoms with E-state index in [-0.39, 0.29) is 17.7 Å². The van der Waals surface area contributed by atoms with E-state index in [4.69, 9.17) is 0 Å². The van der Waals surface area contributed by atoms with Crippen LogP contribution in [0.1, 0.15) is 32.3 Å². The third-order valence-corrected chi connectivity index (χ3v) is 6.11. The molecule has 1 spiro atoms. The van der Waals surface area contributed by atoms with Crippen molar-refractivity contribution in [2.45, 2.75) is 44.2 Å². The SMILES string of the molecule is CC(C)=C[C@@H]1N2C(=O)[C@@H]3CCCN3C(=O)C2=C[C@@]12C(=O)Nc1ccccc12. The summed E-state index contributed by atoms with van der Waals surface area (Å²) in [7, 11) is 0. The fourth-order valence-electron chi connectivity index (χ4n) is 4.98. The van der Waals surface area contributed by atoms with E-state index in [1.54, 1.807) is 15.9 Å². The molecular weight excluding hydrogens is 342 g/mol. The second-order valence-corrected chi connectivity index (χ2v) is 7.95. The summed E-state index contributed by atoms with van der Waals surface area (Å²) in [5.41, 5.74) is 1.84. The largest absolute Gasteiger partial charge is 0.325 e. The number of para-hydroxylation sites is 1. The van der Waals surface area contributed by atoms with Crippen molar-refractivity contribution < 1.29 is 14.4 Å². The maximum Gasteiger partial charge on any atom is 0.270 e. The van der Waals surface area contributed by atoms with E-state index in [1.165, 1.54) is 0 Å². The number of fused-ring (bicyclic) bond motifs is 4. The number of rotatable bonds is 1. The summed E-state index contributed by atoms with van der Waals surface area (Å²) in [5, 5.41) is 2.95. The molecule has 3 atom stereocenters. The van der Waals surface area contributed by atoms with Crippen LogP contribution >= 0.6 is 0 Å². The topological polar surface area (TPSA) is 69.7 Å². The number of carbonyl (C=O) groups excluding carboxylic acids is 3. The second-order valence-electron chi connectivity index (χ2n) is 7.95. The fraction of sp³-hybridized carbons (Fsp3) is 0.381. The lowest BCUT2D eigenvalue weighted by atomic mass is 9.75. The molecule has 5 rings (SSSR count). The molecule has 0 unspecified atom stereocenters. The molecule has 4 heterocycles. The highest BCUT2D eigenvalue weighted by molar-refractivity contribution is 6.14. The van der Waals surface area contributed by atoms with Gasteiger partial charge in [-0.1, -0.05) is 29.8 Å². The van der Waals surface area contributed by atoms with Crippen LogP contribution in [0.4, 0.5) is 5.69 Å². The molecule has 3 amide bonds. The standard InChI is InChI=1S/C21H21N3O3/c1-12(2)10-17-21(13-6-3-4-7-14(13)22-20(21)27)11-16-18(25)23-9-5-8-15(23)19(26)24(16)17/h3-4,6-7,10-11,15,17H,5,8-9H2,1-2H3,(H,22,27)/t15-,17-,21-/m0/s1. The van der Waals surface area contributed by atoms with Gasteiger partial charge in [0.15, 0.2) is 0 Å². The van der Waals surface area contributed by atoms with Crippen LogP contribution in [0.15, 0.2) is 47.7 Å². The van der Waals surface area contributed by atoms with Crippen molar-refractivity contribution in [1.29, 1.82) is 0 Å². The molecule has 1 aromatic rings. The summed E-state index contributed by atoms with van der Waals surface area (Å²) in [4.78, 5) is 42.9. The van der Waals surface area contributed by atoms with Crippen LogP contribution in [0.5, 0.6) is 0 Å². The Labute approximate surface area is 157 Å². The number of amides is 3. The first-order valence-corrected chi connectivity index (χ1v) is 9.38. The summed E-state index contributed by atoms with van der Waals surface area (Å²) >= 11 is 0. The number of nitrogens with one attached hydrogen (secondary N) is 1. The molecule has 6 heteroatoms. The molecule has 0 aliphatic carbocycles. The van der Waals surface area contributed by atoms with Crippen LogP contribution in [0.25, 0.3) is 0 Å². The number of allylic oxidation sites excluding steroid dienone is 1. The zero-order valence-electron chi connectivity index (χ0n) is 15.4. The summed E-state index contributed by atoms with van der Waals surface area (Å²) < 4.78 is 0. The highest BCUT2D eigenvalue weighted by Gasteiger charge is 2.62. The minimum atomic E-state index is -1.06. The number of hydrogen-bond donors (Lipinski definition) is 1. The van der Waals surface area contributed by atoms with Crippen molar-refractivity contribution in [3.63, 3.8) is 0 Å². The molecule has 1 N–H and O–H groups in total. The average Bonchev–Trinajstić information content (AvgIpc) is 3.31. The van der Waals surface area contributed by atoms with E-state index >= 15 is 0 Å². The predicted molar refractivity (Wildman–Crippen MR) is 99.6 cm³/mol. The van der Waals surface area contributed by atoms with Crippen LogP contribution < -0.4 is 5.32 Å². The van der Waals surface area contributed by atoms with Crippen LogP contribution in [0, 0.1) is 0 Å². The molecule has 0 aromatic heterocycles. The molecule has 138 valence electrons. The Kier molecular flexibility index (Phi) is 3.21. The zero-order valence-corrected chi connectivity index (χ0v) is 15.4. The van der Waals surface area contributed by atoms with Gasteiger partial charge in [-0.2, -0.15) is 0 Å². The maximum atomic E-state index is 13.3. The van der Waals surface area contributed by atoms with Crippen LogP contribution in [-0.4, -0.2) is 46.1 Å². The quantitative estimate of drug-likeness (QED) is 0.776.